The molecule has 3 N–H and O–H groups in total. The van der Waals surface area contributed by atoms with Gasteiger partial charge in [-0.15, -0.1) is 0 Å². The highest BCUT2D eigenvalue weighted by molar-refractivity contribution is 9.10. The molecule has 3 nitrogen and oxygen atoms in total. The summed E-state index contributed by atoms with van der Waals surface area (Å²) in [6, 6.07) is 3.26. The third-order valence-corrected chi connectivity index (χ3v) is 2.85. The van der Waals surface area contributed by atoms with E-state index >= 15 is 0 Å². The standard InChI is InChI=1S/C11H10BrF2N3/c12-11-10(16-9(17-11)3-4-15)7-5-6(13)1-2-8(7)14/h1-2,5H,3-4,15H2,(H,16,17). The summed E-state index contributed by atoms with van der Waals surface area (Å²) < 4.78 is 27.2. The highest BCUT2D eigenvalue weighted by Crippen LogP contribution is 2.28. The summed E-state index contributed by atoms with van der Waals surface area (Å²) in [5.41, 5.74) is 5.88. The molecule has 1 aromatic heterocycles. The van der Waals surface area contributed by atoms with Gasteiger partial charge in [-0.05, 0) is 40.7 Å². The number of H-pyrrole nitrogens is 1. The van der Waals surface area contributed by atoms with Gasteiger partial charge >= 0.3 is 0 Å². The van der Waals surface area contributed by atoms with E-state index in [4.69, 9.17) is 5.73 Å². The van der Waals surface area contributed by atoms with E-state index in [2.05, 4.69) is 25.9 Å². The van der Waals surface area contributed by atoms with Crippen molar-refractivity contribution in [3.05, 3.63) is 40.3 Å². The van der Waals surface area contributed by atoms with Crippen molar-refractivity contribution < 1.29 is 8.78 Å². The van der Waals surface area contributed by atoms with Crippen LogP contribution in [0.2, 0.25) is 0 Å². The van der Waals surface area contributed by atoms with Crippen LogP contribution in [0, 0.1) is 11.6 Å². The molecule has 0 aliphatic rings. The number of aromatic nitrogens is 2. The van der Waals surface area contributed by atoms with E-state index in [1.807, 2.05) is 0 Å². The number of nitrogens with one attached hydrogen (secondary N) is 1. The lowest BCUT2D eigenvalue weighted by Gasteiger charge is -2.00. The molecule has 0 spiro atoms. The minimum Gasteiger partial charge on any atom is -0.336 e. The van der Waals surface area contributed by atoms with Gasteiger partial charge in [0.1, 0.15) is 27.8 Å². The van der Waals surface area contributed by atoms with Gasteiger partial charge in [0, 0.05) is 12.0 Å². The number of nitrogens with two attached hydrogens (primary N) is 1. The van der Waals surface area contributed by atoms with E-state index in [-0.39, 0.29) is 5.56 Å². The van der Waals surface area contributed by atoms with E-state index in [1.54, 1.807) is 0 Å². The van der Waals surface area contributed by atoms with E-state index < -0.39 is 11.6 Å². The van der Waals surface area contributed by atoms with Crippen LogP contribution in [-0.2, 0) is 6.42 Å². The molecule has 0 saturated heterocycles. The summed E-state index contributed by atoms with van der Waals surface area (Å²) in [7, 11) is 0. The van der Waals surface area contributed by atoms with Gasteiger partial charge in [0.05, 0.1) is 0 Å². The smallest absolute Gasteiger partial charge is 0.132 e. The van der Waals surface area contributed by atoms with Crippen LogP contribution >= 0.6 is 15.9 Å². The molecule has 0 aliphatic heterocycles. The van der Waals surface area contributed by atoms with Gasteiger partial charge in [-0.25, -0.2) is 13.8 Å². The molecular weight excluding hydrogens is 292 g/mol. The summed E-state index contributed by atoms with van der Waals surface area (Å²) in [6.45, 7) is 0.436. The summed E-state index contributed by atoms with van der Waals surface area (Å²) in [6.07, 6.45) is 0.551. The normalized spacial score (nSPS) is 10.8. The average Bonchev–Trinajstić information content (AvgIpc) is 2.64. The zero-order valence-corrected chi connectivity index (χ0v) is 10.4. The largest absolute Gasteiger partial charge is 0.336 e. The van der Waals surface area contributed by atoms with E-state index in [1.165, 1.54) is 0 Å². The van der Waals surface area contributed by atoms with Crippen LogP contribution in [0.4, 0.5) is 8.78 Å². The van der Waals surface area contributed by atoms with Crippen molar-refractivity contribution in [2.24, 2.45) is 5.73 Å². The highest BCUT2D eigenvalue weighted by atomic mass is 79.9. The van der Waals surface area contributed by atoms with Crippen molar-refractivity contribution in [1.82, 2.24) is 9.97 Å². The number of halogens is 3. The molecular formula is C11H10BrF2N3. The number of nitrogens with zero attached hydrogens (tertiary/aromatic N) is 1. The number of hydrogen-bond acceptors (Lipinski definition) is 2. The second-order valence-corrected chi connectivity index (χ2v) is 4.30. The van der Waals surface area contributed by atoms with Crippen molar-refractivity contribution in [2.75, 3.05) is 6.54 Å². The first-order chi connectivity index (χ1) is 8.11. The Hall–Kier alpha value is -1.27. The lowest BCUT2D eigenvalue weighted by molar-refractivity contribution is 0.602. The Balaban J connectivity index is 2.48. The molecule has 0 saturated carbocycles. The first-order valence-corrected chi connectivity index (χ1v) is 5.81. The van der Waals surface area contributed by atoms with Crippen LogP contribution in [0.3, 0.4) is 0 Å². The van der Waals surface area contributed by atoms with Gasteiger partial charge in [0.25, 0.3) is 0 Å². The summed E-state index contributed by atoms with van der Waals surface area (Å²) >= 11 is 3.23. The molecule has 90 valence electrons. The summed E-state index contributed by atoms with van der Waals surface area (Å²) in [5, 5.41) is 0. The fourth-order valence-electron chi connectivity index (χ4n) is 1.51. The minimum absolute atomic E-state index is 0.122. The van der Waals surface area contributed by atoms with Crippen molar-refractivity contribution in [3.8, 4) is 11.3 Å². The summed E-state index contributed by atoms with van der Waals surface area (Å²) in [5.74, 6) is -0.382. The highest BCUT2D eigenvalue weighted by Gasteiger charge is 2.14. The molecule has 1 aromatic carbocycles. The molecule has 6 heteroatoms. The Kier molecular flexibility index (Phi) is 3.54. The topological polar surface area (TPSA) is 54.7 Å². The maximum atomic E-state index is 13.6. The van der Waals surface area contributed by atoms with E-state index in [9.17, 15) is 8.78 Å². The number of aromatic amines is 1. The Morgan fingerprint density at radius 1 is 1.35 bits per heavy atom. The molecule has 0 aliphatic carbocycles. The van der Waals surface area contributed by atoms with Crippen LogP contribution in [0.1, 0.15) is 5.82 Å². The molecule has 17 heavy (non-hydrogen) atoms. The van der Waals surface area contributed by atoms with Gasteiger partial charge in [-0.1, -0.05) is 0 Å². The monoisotopic (exact) mass is 301 g/mol. The summed E-state index contributed by atoms with van der Waals surface area (Å²) in [4.78, 5) is 7.11. The Morgan fingerprint density at radius 2 is 2.12 bits per heavy atom. The second-order valence-electron chi connectivity index (χ2n) is 3.51. The fraction of sp³-hybridized carbons (Fsp3) is 0.182. The lowest BCUT2D eigenvalue weighted by Crippen LogP contribution is -2.03. The van der Waals surface area contributed by atoms with Crippen molar-refractivity contribution in [1.29, 1.82) is 0 Å². The van der Waals surface area contributed by atoms with Crippen LogP contribution in [-0.4, -0.2) is 16.5 Å². The Bertz CT molecular complexity index is 540. The van der Waals surface area contributed by atoms with Crippen LogP contribution in [0.5, 0.6) is 0 Å². The second kappa shape index (κ2) is 4.93. The molecule has 0 unspecified atom stereocenters. The van der Waals surface area contributed by atoms with Gasteiger partial charge in [-0.3, -0.25) is 0 Å². The quantitative estimate of drug-likeness (QED) is 0.915. The van der Waals surface area contributed by atoms with Crippen LogP contribution < -0.4 is 5.73 Å². The zero-order chi connectivity index (χ0) is 12.4. The van der Waals surface area contributed by atoms with Gasteiger partial charge < -0.3 is 10.7 Å². The van der Waals surface area contributed by atoms with Gasteiger partial charge in [0.15, 0.2) is 0 Å². The number of rotatable bonds is 3. The minimum atomic E-state index is -0.516. The first-order valence-electron chi connectivity index (χ1n) is 5.01. The molecule has 2 aromatic rings. The number of hydrogen-bond donors (Lipinski definition) is 2. The molecule has 0 bridgehead atoms. The first kappa shape index (κ1) is 12.2. The number of benzene rings is 1. The van der Waals surface area contributed by atoms with Crippen LogP contribution in [0.15, 0.2) is 22.8 Å². The molecule has 2 rings (SSSR count). The lowest BCUT2D eigenvalue weighted by atomic mass is 10.1. The molecule has 0 atom stereocenters. The van der Waals surface area contributed by atoms with Crippen molar-refractivity contribution in [2.45, 2.75) is 6.42 Å². The van der Waals surface area contributed by atoms with E-state index in [0.29, 0.717) is 29.1 Å². The Morgan fingerprint density at radius 3 is 2.82 bits per heavy atom. The maximum Gasteiger partial charge on any atom is 0.132 e. The number of imidazole rings is 1. The predicted molar refractivity (Wildman–Crippen MR) is 64.4 cm³/mol. The van der Waals surface area contributed by atoms with Crippen LogP contribution in [0.25, 0.3) is 11.3 Å². The van der Waals surface area contributed by atoms with Gasteiger partial charge in [0.2, 0.25) is 0 Å². The zero-order valence-electron chi connectivity index (χ0n) is 8.80. The third-order valence-electron chi connectivity index (χ3n) is 2.27. The Labute approximate surface area is 105 Å². The molecule has 1 heterocycles. The molecule has 0 fully saturated rings. The van der Waals surface area contributed by atoms with Crippen molar-refractivity contribution in [3.63, 3.8) is 0 Å². The predicted octanol–water partition coefficient (Wildman–Crippen LogP) is 2.62. The SMILES string of the molecule is NCCc1nc(-c2cc(F)ccc2F)c(Br)[nH]1. The van der Waals surface area contributed by atoms with Gasteiger partial charge in [-0.2, -0.15) is 0 Å². The fourth-order valence-corrected chi connectivity index (χ4v) is 2.04. The molecule has 0 radical (unpaired) electrons. The maximum absolute atomic E-state index is 13.6. The average molecular weight is 302 g/mol. The van der Waals surface area contributed by atoms with Crippen molar-refractivity contribution >= 4 is 15.9 Å². The molecule has 0 amide bonds. The third kappa shape index (κ3) is 2.53. The van der Waals surface area contributed by atoms with E-state index in [0.717, 1.165) is 18.2 Å².